The monoisotopic (exact) mass is 252 g/mol. The van der Waals surface area contributed by atoms with Crippen molar-refractivity contribution in [2.45, 2.75) is 31.8 Å². The fourth-order valence-electron chi connectivity index (χ4n) is 2.19. The van der Waals surface area contributed by atoms with E-state index in [9.17, 15) is 9.59 Å². The van der Waals surface area contributed by atoms with Gasteiger partial charge in [-0.25, -0.2) is 4.79 Å². The van der Waals surface area contributed by atoms with Crippen LogP contribution >= 0.6 is 0 Å². The number of carbonyl (C=O) groups is 2. The van der Waals surface area contributed by atoms with Gasteiger partial charge in [0.15, 0.2) is 0 Å². The Kier molecular flexibility index (Phi) is 3.86. The number of amides is 2. The molecule has 6 nitrogen and oxygen atoms in total. The van der Waals surface area contributed by atoms with Gasteiger partial charge in [0.2, 0.25) is 0 Å². The molecule has 0 aromatic carbocycles. The van der Waals surface area contributed by atoms with Gasteiger partial charge in [0, 0.05) is 24.7 Å². The number of nitrogens with one attached hydrogen (secondary N) is 1. The Morgan fingerprint density at radius 2 is 2.39 bits per heavy atom. The highest BCUT2D eigenvalue weighted by molar-refractivity contribution is 5.76. The zero-order valence-corrected chi connectivity index (χ0v) is 9.96. The molecule has 1 aliphatic rings. The molecule has 2 N–H and O–H groups in total. The van der Waals surface area contributed by atoms with Crippen molar-refractivity contribution < 1.29 is 19.1 Å². The van der Waals surface area contributed by atoms with Crippen molar-refractivity contribution in [2.75, 3.05) is 6.54 Å². The third kappa shape index (κ3) is 3.03. The van der Waals surface area contributed by atoms with Crippen LogP contribution in [0, 0.1) is 0 Å². The highest BCUT2D eigenvalue weighted by Crippen LogP contribution is 2.20. The molecule has 0 aliphatic carbocycles. The Hall–Kier alpha value is -1.98. The molecule has 0 spiro atoms. The molecule has 0 radical (unpaired) electrons. The van der Waals surface area contributed by atoms with E-state index in [1.54, 1.807) is 23.5 Å². The number of carbonyl (C=O) groups excluding carboxylic acids is 1. The van der Waals surface area contributed by atoms with Crippen LogP contribution in [0.5, 0.6) is 0 Å². The molecule has 6 heteroatoms. The van der Waals surface area contributed by atoms with E-state index in [1.807, 2.05) is 0 Å². The van der Waals surface area contributed by atoms with E-state index >= 15 is 0 Å². The van der Waals surface area contributed by atoms with Gasteiger partial charge in [-0.3, -0.25) is 4.79 Å². The van der Waals surface area contributed by atoms with Gasteiger partial charge in [-0.2, -0.15) is 0 Å². The predicted molar refractivity (Wildman–Crippen MR) is 62.9 cm³/mol. The molecule has 2 heterocycles. The first kappa shape index (κ1) is 12.5. The fourth-order valence-corrected chi connectivity index (χ4v) is 2.19. The molecular formula is C12H16N2O4. The quantitative estimate of drug-likeness (QED) is 0.849. The molecule has 1 unspecified atom stereocenters. The average Bonchev–Trinajstić information content (AvgIpc) is 2.95. The summed E-state index contributed by atoms with van der Waals surface area (Å²) in [6.45, 7) is 1.01. The second-order valence-electron chi connectivity index (χ2n) is 4.38. The number of hydrogen-bond donors (Lipinski definition) is 2. The Balaban J connectivity index is 1.85. The van der Waals surface area contributed by atoms with Gasteiger partial charge in [0.05, 0.1) is 18.9 Å². The van der Waals surface area contributed by atoms with Crippen LogP contribution in [0.25, 0.3) is 0 Å². The summed E-state index contributed by atoms with van der Waals surface area (Å²) in [5.41, 5.74) is 0.886. The highest BCUT2D eigenvalue weighted by atomic mass is 16.4. The molecule has 1 fully saturated rings. The largest absolute Gasteiger partial charge is 0.481 e. The molecule has 2 amide bonds. The number of hydrogen-bond acceptors (Lipinski definition) is 3. The lowest BCUT2D eigenvalue weighted by molar-refractivity contribution is -0.137. The molecule has 1 aliphatic heterocycles. The number of urea groups is 1. The normalized spacial score (nSPS) is 18.9. The summed E-state index contributed by atoms with van der Waals surface area (Å²) < 4.78 is 4.90. The van der Waals surface area contributed by atoms with Crippen LogP contribution in [0.4, 0.5) is 4.79 Å². The summed E-state index contributed by atoms with van der Waals surface area (Å²) in [6, 6.07) is 1.38. The first-order chi connectivity index (χ1) is 8.66. The van der Waals surface area contributed by atoms with Gasteiger partial charge in [-0.1, -0.05) is 0 Å². The molecule has 0 saturated carbocycles. The number of likely N-dealkylation sites (tertiary alicyclic amines) is 1. The number of furan rings is 1. The van der Waals surface area contributed by atoms with Gasteiger partial charge < -0.3 is 19.7 Å². The molecule has 2 rings (SSSR count). The number of rotatable bonds is 4. The lowest BCUT2D eigenvalue weighted by Crippen LogP contribution is -2.43. The minimum atomic E-state index is -0.866. The van der Waals surface area contributed by atoms with Crippen molar-refractivity contribution in [3.63, 3.8) is 0 Å². The zero-order valence-electron chi connectivity index (χ0n) is 9.96. The van der Waals surface area contributed by atoms with Crippen LogP contribution in [0.2, 0.25) is 0 Å². The number of carboxylic acid groups (broad SMARTS) is 1. The lowest BCUT2D eigenvalue weighted by atomic mass is 10.1. The van der Waals surface area contributed by atoms with Crippen LogP contribution in [0.3, 0.4) is 0 Å². The van der Waals surface area contributed by atoms with Gasteiger partial charge in [-0.15, -0.1) is 0 Å². The maximum atomic E-state index is 11.9. The maximum absolute atomic E-state index is 11.9. The van der Waals surface area contributed by atoms with E-state index in [4.69, 9.17) is 9.52 Å². The molecule has 0 bridgehead atoms. The molecule has 1 atom stereocenters. The molecule has 18 heavy (non-hydrogen) atoms. The summed E-state index contributed by atoms with van der Waals surface area (Å²) in [6.07, 6.45) is 4.74. The maximum Gasteiger partial charge on any atom is 0.317 e. The number of carboxylic acids is 1. The number of aliphatic carboxylic acids is 1. The topological polar surface area (TPSA) is 82.8 Å². The smallest absolute Gasteiger partial charge is 0.317 e. The predicted octanol–water partition coefficient (Wildman–Crippen LogP) is 1.43. The van der Waals surface area contributed by atoms with Crippen LogP contribution in [0.15, 0.2) is 23.0 Å². The number of nitrogens with zero attached hydrogens (tertiary/aromatic N) is 1. The summed E-state index contributed by atoms with van der Waals surface area (Å²) in [5.74, 6) is -0.866. The Labute approximate surface area is 105 Å². The third-order valence-electron chi connectivity index (χ3n) is 3.07. The Bertz CT molecular complexity index is 416. The van der Waals surface area contributed by atoms with E-state index in [-0.39, 0.29) is 18.5 Å². The van der Waals surface area contributed by atoms with Crippen LogP contribution in [-0.4, -0.2) is 34.6 Å². The van der Waals surface area contributed by atoms with Crippen molar-refractivity contribution in [3.05, 3.63) is 24.2 Å². The Morgan fingerprint density at radius 1 is 1.56 bits per heavy atom. The van der Waals surface area contributed by atoms with Crippen molar-refractivity contribution in [3.8, 4) is 0 Å². The van der Waals surface area contributed by atoms with Crippen LogP contribution in [-0.2, 0) is 11.3 Å². The molecule has 1 aromatic heterocycles. The molecule has 98 valence electrons. The van der Waals surface area contributed by atoms with Crippen molar-refractivity contribution in [1.29, 1.82) is 0 Å². The van der Waals surface area contributed by atoms with Gasteiger partial charge in [-0.05, 0) is 18.9 Å². The minimum absolute atomic E-state index is 0.0130. The average molecular weight is 252 g/mol. The standard InChI is InChI=1S/C12H16N2O4/c15-11(16)6-10-2-1-4-14(10)12(17)13-7-9-3-5-18-8-9/h3,5,8,10H,1-2,4,6-7H2,(H,13,17)(H,15,16). The second kappa shape index (κ2) is 5.57. The lowest BCUT2D eigenvalue weighted by Gasteiger charge is -2.23. The summed E-state index contributed by atoms with van der Waals surface area (Å²) in [4.78, 5) is 24.2. The van der Waals surface area contributed by atoms with Crippen molar-refractivity contribution in [1.82, 2.24) is 10.2 Å². The van der Waals surface area contributed by atoms with E-state index in [0.717, 1.165) is 18.4 Å². The molecule has 1 saturated heterocycles. The fraction of sp³-hybridized carbons (Fsp3) is 0.500. The van der Waals surface area contributed by atoms with Crippen LogP contribution in [0.1, 0.15) is 24.8 Å². The summed E-state index contributed by atoms with van der Waals surface area (Å²) in [7, 11) is 0. The van der Waals surface area contributed by atoms with E-state index in [2.05, 4.69) is 5.32 Å². The molecular weight excluding hydrogens is 236 g/mol. The minimum Gasteiger partial charge on any atom is -0.481 e. The summed E-state index contributed by atoms with van der Waals surface area (Å²) in [5, 5.41) is 11.5. The van der Waals surface area contributed by atoms with E-state index in [1.165, 1.54) is 0 Å². The second-order valence-corrected chi connectivity index (χ2v) is 4.38. The van der Waals surface area contributed by atoms with Gasteiger partial charge in [0.25, 0.3) is 0 Å². The third-order valence-corrected chi connectivity index (χ3v) is 3.07. The van der Waals surface area contributed by atoms with E-state index < -0.39 is 5.97 Å². The summed E-state index contributed by atoms with van der Waals surface area (Å²) >= 11 is 0. The van der Waals surface area contributed by atoms with E-state index in [0.29, 0.717) is 13.1 Å². The van der Waals surface area contributed by atoms with Crippen molar-refractivity contribution >= 4 is 12.0 Å². The zero-order chi connectivity index (χ0) is 13.0. The SMILES string of the molecule is O=C(O)CC1CCCN1C(=O)NCc1ccoc1. The molecule has 1 aromatic rings. The Morgan fingerprint density at radius 3 is 3.06 bits per heavy atom. The van der Waals surface area contributed by atoms with Gasteiger partial charge in [0.1, 0.15) is 0 Å². The highest BCUT2D eigenvalue weighted by Gasteiger charge is 2.30. The van der Waals surface area contributed by atoms with Gasteiger partial charge >= 0.3 is 12.0 Å². The van der Waals surface area contributed by atoms with Crippen LogP contribution < -0.4 is 5.32 Å². The van der Waals surface area contributed by atoms with Crippen molar-refractivity contribution in [2.24, 2.45) is 0 Å². The first-order valence-corrected chi connectivity index (χ1v) is 5.94. The first-order valence-electron chi connectivity index (χ1n) is 5.94.